The van der Waals surface area contributed by atoms with Crippen LogP contribution in [0.2, 0.25) is 0 Å². The van der Waals surface area contributed by atoms with Crippen molar-refractivity contribution in [2.24, 2.45) is 0 Å². The Kier molecular flexibility index (Phi) is 5.11. The van der Waals surface area contributed by atoms with E-state index in [1.807, 2.05) is 54.6 Å². The molecule has 1 atom stereocenters. The largest absolute Gasteiger partial charge is 0.481 e. The van der Waals surface area contributed by atoms with Crippen molar-refractivity contribution < 1.29 is 14.7 Å². The summed E-state index contributed by atoms with van der Waals surface area (Å²) in [7, 11) is 0. The minimum Gasteiger partial charge on any atom is -0.481 e. The van der Waals surface area contributed by atoms with E-state index in [1.165, 1.54) is 0 Å². The molecule has 0 aliphatic carbocycles. The van der Waals surface area contributed by atoms with Crippen LogP contribution < -0.4 is 5.32 Å². The zero-order valence-electron chi connectivity index (χ0n) is 11.1. The van der Waals surface area contributed by atoms with Gasteiger partial charge < -0.3 is 10.4 Å². The molecule has 21 heavy (non-hydrogen) atoms. The molecule has 5 heteroatoms. The second kappa shape index (κ2) is 7.04. The zero-order chi connectivity index (χ0) is 15.2. The van der Waals surface area contributed by atoms with Crippen LogP contribution >= 0.6 is 15.9 Å². The monoisotopic (exact) mass is 347 g/mol. The van der Waals surface area contributed by atoms with E-state index in [-0.39, 0.29) is 6.04 Å². The van der Waals surface area contributed by atoms with Gasteiger partial charge in [-0.05, 0) is 23.3 Å². The lowest BCUT2D eigenvalue weighted by molar-refractivity contribution is -0.140. The van der Waals surface area contributed by atoms with E-state index in [4.69, 9.17) is 5.11 Å². The smallest absolute Gasteiger partial charge is 0.312 e. The molecule has 0 aromatic heterocycles. The Morgan fingerprint density at radius 1 is 1.00 bits per heavy atom. The molecular weight excluding hydrogens is 334 g/mol. The summed E-state index contributed by atoms with van der Waals surface area (Å²) in [5.41, 5.74) is 1.79. The van der Waals surface area contributed by atoms with E-state index >= 15 is 0 Å². The molecule has 2 aromatic carbocycles. The average molecular weight is 348 g/mol. The van der Waals surface area contributed by atoms with Crippen LogP contribution in [0, 0.1) is 0 Å². The minimum absolute atomic E-state index is 0.369. The van der Waals surface area contributed by atoms with E-state index < -0.39 is 18.3 Å². The van der Waals surface area contributed by atoms with Crippen LogP contribution in [0.15, 0.2) is 59.1 Å². The van der Waals surface area contributed by atoms with Crippen LogP contribution in [0.25, 0.3) is 0 Å². The summed E-state index contributed by atoms with van der Waals surface area (Å²) in [6.07, 6.45) is -0.542. The van der Waals surface area contributed by atoms with Gasteiger partial charge in [-0.1, -0.05) is 58.4 Å². The number of amides is 1. The molecule has 108 valence electrons. The predicted molar refractivity (Wildman–Crippen MR) is 82.8 cm³/mol. The number of carboxylic acids is 1. The summed E-state index contributed by atoms with van der Waals surface area (Å²) >= 11 is 3.37. The maximum Gasteiger partial charge on any atom is 0.312 e. The molecule has 0 fully saturated rings. The summed E-state index contributed by atoms with van der Waals surface area (Å²) < 4.78 is 0.940. The van der Waals surface area contributed by atoms with Crippen molar-refractivity contribution >= 4 is 27.8 Å². The second-order valence-corrected chi connectivity index (χ2v) is 5.45. The Morgan fingerprint density at radius 3 is 2.14 bits per heavy atom. The number of hydrogen-bond donors (Lipinski definition) is 2. The van der Waals surface area contributed by atoms with Gasteiger partial charge in [0.2, 0.25) is 5.91 Å². The highest BCUT2D eigenvalue weighted by molar-refractivity contribution is 9.10. The van der Waals surface area contributed by atoms with Gasteiger partial charge in [0.05, 0.1) is 6.04 Å². The molecule has 0 heterocycles. The van der Waals surface area contributed by atoms with Gasteiger partial charge in [0.25, 0.3) is 0 Å². The second-order valence-electron chi connectivity index (χ2n) is 4.53. The third-order valence-corrected chi connectivity index (χ3v) is 3.48. The van der Waals surface area contributed by atoms with Crippen molar-refractivity contribution in [3.8, 4) is 0 Å². The van der Waals surface area contributed by atoms with Crippen LogP contribution in [-0.2, 0) is 9.59 Å². The summed E-state index contributed by atoms with van der Waals surface area (Å²) in [5, 5.41) is 11.5. The number of benzene rings is 2. The number of carboxylic acid groups (broad SMARTS) is 1. The van der Waals surface area contributed by atoms with E-state index in [0.29, 0.717) is 0 Å². The van der Waals surface area contributed by atoms with Crippen molar-refractivity contribution in [1.29, 1.82) is 0 Å². The quantitative estimate of drug-likeness (QED) is 0.816. The molecular formula is C16H14BrNO3. The highest BCUT2D eigenvalue weighted by Gasteiger charge is 2.18. The Balaban J connectivity index is 2.28. The first kappa shape index (κ1) is 15.3. The summed E-state index contributed by atoms with van der Waals surface area (Å²) in [4.78, 5) is 22.4. The number of carbonyl (C=O) groups excluding carboxylic acids is 1. The molecule has 1 amide bonds. The Labute approximate surface area is 130 Å². The number of halogens is 1. The third kappa shape index (κ3) is 4.43. The summed E-state index contributed by atoms with van der Waals surface area (Å²) in [5.74, 6) is -1.66. The fraction of sp³-hybridized carbons (Fsp3) is 0.125. The van der Waals surface area contributed by atoms with Crippen LogP contribution in [0.4, 0.5) is 0 Å². The maximum absolute atomic E-state index is 11.8. The van der Waals surface area contributed by atoms with Gasteiger partial charge in [0.1, 0.15) is 6.42 Å². The normalized spacial score (nSPS) is 11.7. The molecule has 0 radical (unpaired) electrons. The van der Waals surface area contributed by atoms with Crippen molar-refractivity contribution in [2.45, 2.75) is 12.5 Å². The van der Waals surface area contributed by atoms with Gasteiger partial charge in [0.15, 0.2) is 0 Å². The fourth-order valence-electron chi connectivity index (χ4n) is 2.01. The molecule has 2 aromatic rings. The van der Waals surface area contributed by atoms with Gasteiger partial charge in [-0.15, -0.1) is 0 Å². The zero-order valence-corrected chi connectivity index (χ0v) is 12.7. The Hall–Kier alpha value is -2.14. The molecule has 0 spiro atoms. The highest BCUT2D eigenvalue weighted by Crippen LogP contribution is 2.23. The van der Waals surface area contributed by atoms with E-state index in [1.54, 1.807) is 0 Å². The highest BCUT2D eigenvalue weighted by atomic mass is 79.9. The fourth-order valence-corrected chi connectivity index (χ4v) is 2.27. The standard InChI is InChI=1S/C16H14BrNO3/c17-13-8-6-12(7-9-13)16(11-4-2-1-3-5-11)18-14(19)10-15(20)21/h1-9,16H,10H2,(H,18,19)(H,20,21). The van der Waals surface area contributed by atoms with Gasteiger partial charge in [0, 0.05) is 4.47 Å². The van der Waals surface area contributed by atoms with Gasteiger partial charge >= 0.3 is 5.97 Å². The molecule has 2 rings (SSSR count). The first-order valence-corrected chi connectivity index (χ1v) is 7.17. The topological polar surface area (TPSA) is 66.4 Å². The number of rotatable bonds is 5. The maximum atomic E-state index is 11.8. The molecule has 2 N–H and O–H groups in total. The van der Waals surface area contributed by atoms with Gasteiger partial charge in [-0.2, -0.15) is 0 Å². The van der Waals surface area contributed by atoms with Crippen molar-refractivity contribution in [1.82, 2.24) is 5.32 Å². The van der Waals surface area contributed by atoms with Crippen LogP contribution in [0.1, 0.15) is 23.6 Å². The van der Waals surface area contributed by atoms with Crippen LogP contribution in [0.5, 0.6) is 0 Å². The lowest BCUT2D eigenvalue weighted by Gasteiger charge is -2.19. The number of hydrogen-bond acceptors (Lipinski definition) is 2. The van der Waals surface area contributed by atoms with Crippen molar-refractivity contribution in [3.63, 3.8) is 0 Å². The summed E-state index contributed by atoms with van der Waals surface area (Å²) in [6.45, 7) is 0. The number of nitrogens with one attached hydrogen (secondary N) is 1. The van der Waals surface area contributed by atoms with Gasteiger partial charge in [-0.3, -0.25) is 9.59 Å². The molecule has 0 saturated heterocycles. The lowest BCUT2D eigenvalue weighted by Crippen LogP contribution is -2.30. The first-order valence-electron chi connectivity index (χ1n) is 6.38. The van der Waals surface area contributed by atoms with Crippen LogP contribution in [0.3, 0.4) is 0 Å². The number of aliphatic carboxylic acids is 1. The third-order valence-electron chi connectivity index (χ3n) is 2.95. The molecule has 0 aliphatic rings. The number of carbonyl (C=O) groups is 2. The van der Waals surface area contributed by atoms with Crippen molar-refractivity contribution in [3.05, 3.63) is 70.2 Å². The summed E-state index contributed by atoms with van der Waals surface area (Å²) in [6, 6.07) is 16.6. The first-order chi connectivity index (χ1) is 10.1. The Bertz CT molecular complexity index is 626. The van der Waals surface area contributed by atoms with E-state index in [9.17, 15) is 9.59 Å². The molecule has 0 saturated carbocycles. The Morgan fingerprint density at radius 2 is 1.57 bits per heavy atom. The predicted octanol–water partition coefficient (Wildman–Crippen LogP) is 3.13. The lowest BCUT2D eigenvalue weighted by atomic mass is 9.98. The molecule has 4 nitrogen and oxygen atoms in total. The van der Waals surface area contributed by atoms with Crippen LogP contribution in [-0.4, -0.2) is 17.0 Å². The van der Waals surface area contributed by atoms with E-state index in [0.717, 1.165) is 15.6 Å². The SMILES string of the molecule is O=C(O)CC(=O)NC(c1ccccc1)c1ccc(Br)cc1. The average Bonchev–Trinajstić information content (AvgIpc) is 2.46. The van der Waals surface area contributed by atoms with E-state index in [2.05, 4.69) is 21.2 Å². The minimum atomic E-state index is -1.14. The molecule has 1 unspecified atom stereocenters. The van der Waals surface area contributed by atoms with Gasteiger partial charge in [-0.25, -0.2) is 0 Å². The van der Waals surface area contributed by atoms with Crippen molar-refractivity contribution in [2.75, 3.05) is 0 Å². The molecule has 0 bridgehead atoms. The molecule has 0 aliphatic heterocycles.